The number of rotatable bonds is 6. The Balaban J connectivity index is 1.71. The number of pyridine rings is 1. The molecule has 0 aliphatic carbocycles. The summed E-state index contributed by atoms with van der Waals surface area (Å²) in [6.07, 6.45) is 2.98. The summed E-state index contributed by atoms with van der Waals surface area (Å²) < 4.78 is 1.66. The zero-order valence-electron chi connectivity index (χ0n) is 14.2. The zero-order chi connectivity index (χ0) is 18.7. The van der Waals surface area contributed by atoms with Crippen molar-refractivity contribution in [3.8, 4) is 0 Å². The quantitative estimate of drug-likeness (QED) is 0.696. The van der Waals surface area contributed by atoms with Crippen LogP contribution in [0.2, 0.25) is 5.02 Å². The topological polar surface area (TPSA) is 83.7 Å². The van der Waals surface area contributed by atoms with E-state index in [9.17, 15) is 9.59 Å². The number of hydrogen-bond donors (Lipinski definition) is 2. The second-order valence-electron chi connectivity index (χ2n) is 5.86. The van der Waals surface area contributed by atoms with E-state index in [1.165, 1.54) is 0 Å². The smallest absolute Gasteiger partial charge is 0.335 e. The van der Waals surface area contributed by atoms with Crippen LogP contribution in [0.15, 0.2) is 42.6 Å². The Bertz CT molecular complexity index is 964. The molecule has 0 unspecified atom stereocenters. The van der Waals surface area contributed by atoms with Gasteiger partial charge in [-0.3, -0.25) is 4.79 Å². The summed E-state index contributed by atoms with van der Waals surface area (Å²) in [5.41, 5.74) is 3.13. The number of aryl methyl sites for hydroxylation is 1. The Hall–Kier alpha value is -2.86. The molecule has 0 saturated carbocycles. The van der Waals surface area contributed by atoms with Crippen LogP contribution in [-0.2, 0) is 12.8 Å². The van der Waals surface area contributed by atoms with Crippen molar-refractivity contribution in [2.75, 3.05) is 6.54 Å². The number of carboxylic acids is 1. The fraction of sp³-hybridized carbons (Fsp3) is 0.211. The summed E-state index contributed by atoms with van der Waals surface area (Å²) >= 11 is 6.05. The lowest BCUT2D eigenvalue weighted by atomic mass is 10.1. The second kappa shape index (κ2) is 7.58. The van der Waals surface area contributed by atoms with Crippen LogP contribution in [0.25, 0.3) is 5.52 Å². The minimum absolute atomic E-state index is 0.193. The van der Waals surface area contributed by atoms with E-state index >= 15 is 0 Å². The van der Waals surface area contributed by atoms with Crippen LogP contribution in [0.1, 0.15) is 38.9 Å². The number of halogens is 1. The lowest BCUT2D eigenvalue weighted by molar-refractivity contribution is 0.0696. The molecule has 0 saturated heterocycles. The van der Waals surface area contributed by atoms with Gasteiger partial charge in [-0.1, -0.05) is 30.7 Å². The Kier molecular flexibility index (Phi) is 5.23. The predicted molar refractivity (Wildman–Crippen MR) is 99.0 cm³/mol. The monoisotopic (exact) mass is 371 g/mol. The van der Waals surface area contributed by atoms with Crippen molar-refractivity contribution in [2.45, 2.75) is 19.8 Å². The largest absolute Gasteiger partial charge is 0.478 e. The standard InChI is InChI=1S/C19H18ClN3O3/c1-2-15-17(16-11-14(20)8-10-23(16)22-15)18(24)21-9-7-12-3-5-13(6-4-12)19(25)26/h3-6,8,10-11H,2,7,9H2,1H3,(H,21,24)(H,25,26). The molecule has 26 heavy (non-hydrogen) atoms. The van der Waals surface area contributed by atoms with Crippen molar-refractivity contribution < 1.29 is 14.7 Å². The van der Waals surface area contributed by atoms with Gasteiger partial charge in [-0.05, 0) is 42.7 Å². The SMILES string of the molecule is CCc1nn2ccc(Cl)cc2c1C(=O)NCCc1ccc(C(=O)O)cc1. The van der Waals surface area contributed by atoms with Crippen molar-refractivity contribution in [2.24, 2.45) is 0 Å². The van der Waals surface area contributed by atoms with Gasteiger partial charge in [0.1, 0.15) is 0 Å². The van der Waals surface area contributed by atoms with Crippen molar-refractivity contribution in [3.05, 3.63) is 70.0 Å². The summed E-state index contributed by atoms with van der Waals surface area (Å²) in [6, 6.07) is 10.1. The van der Waals surface area contributed by atoms with Crippen LogP contribution in [0, 0.1) is 0 Å². The van der Waals surface area contributed by atoms with E-state index in [2.05, 4.69) is 10.4 Å². The lowest BCUT2D eigenvalue weighted by Gasteiger charge is -2.06. The van der Waals surface area contributed by atoms with E-state index < -0.39 is 5.97 Å². The Morgan fingerprint density at radius 1 is 1.23 bits per heavy atom. The van der Waals surface area contributed by atoms with E-state index in [0.717, 1.165) is 11.3 Å². The summed E-state index contributed by atoms with van der Waals surface area (Å²) in [4.78, 5) is 23.5. The molecule has 6 nitrogen and oxygen atoms in total. The number of carbonyl (C=O) groups excluding carboxylic acids is 1. The van der Waals surface area contributed by atoms with Crippen LogP contribution in [0.3, 0.4) is 0 Å². The van der Waals surface area contributed by atoms with Gasteiger partial charge in [0.25, 0.3) is 5.91 Å². The van der Waals surface area contributed by atoms with Gasteiger partial charge in [-0.2, -0.15) is 5.10 Å². The number of aromatic nitrogens is 2. The summed E-state index contributed by atoms with van der Waals surface area (Å²) in [7, 11) is 0. The predicted octanol–water partition coefficient (Wildman–Crippen LogP) is 3.22. The maximum atomic E-state index is 12.7. The van der Waals surface area contributed by atoms with Crippen molar-refractivity contribution >= 4 is 29.0 Å². The minimum atomic E-state index is -0.955. The normalized spacial score (nSPS) is 10.8. The average molecular weight is 372 g/mol. The second-order valence-corrected chi connectivity index (χ2v) is 6.29. The molecule has 0 aliphatic heterocycles. The number of carboxylic acid groups (broad SMARTS) is 1. The first-order valence-electron chi connectivity index (χ1n) is 8.26. The molecule has 134 valence electrons. The fourth-order valence-electron chi connectivity index (χ4n) is 2.79. The number of benzene rings is 1. The lowest BCUT2D eigenvalue weighted by Crippen LogP contribution is -2.26. The number of hydrogen-bond acceptors (Lipinski definition) is 3. The Morgan fingerprint density at radius 2 is 1.96 bits per heavy atom. The van der Waals surface area contributed by atoms with Crippen molar-refractivity contribution in [1.29, 1.82) is 0 Å². The fourth-order valence-corrected chi connectivity index (χ4v) is 2.95. The molecular weight excluding hydrogens is 354 g/mol. The molecule has 3 aromatic rings. The van der Waals surface area contributed by atoms with Gasteiger partial charge in [0.05, 0.1) is 22.3 Å². The zero-order valence-corrected chi connectivity index (χ0v) is 15.0. The summed E-state index contributed by atoms with van der Waals surface area (Å²) in [5.74, 6) is -1.15. The number of nitrogens with zero attached hydrogens (tertiary/aromatic N) is 2. The van der Waals surface area contributed by atoms with E-state index in [-0.39, 0.29) is 11.5 Å². The first kappa shape index (κ1) is 17.9. The molecule has 0 radical (unpaired) electrons. The first-order chi connectivity index (χ1) is 12.5. The maximum absolute atomic E-state index is 12.7. The highest BCUT2D eigenvalue weighted by atomic mass is 35.5. The number of nitrogens with one attached hydrogen (secondary N) is 1. The summed E-state index contributed by atoms with van der Waals surface area (Å²) in [5, 5.41) is 16.8. The molecule has 3 rings (SSSR count). The molecule has 1 amide bonds. The molecule has 2 aromatic heterocycles. The van der Waals surface area contributed by atoms with Gasteiger partial charge in [0, 0.05) is 17.8 Å². The van der Waals surface area contributed by atoms with E-state index in [1.54, 1.807) is 47.1 Å². The van der Waals surface area contributed by atoms with E-state index in [1.807, 2.05) is 6.92 Å². The summed E-state index contributed by atoms with van der Waals surface area (Å²) in [6.45, 7) is 2.39. The number of aromatic carboxylic acids is 1. The van der Waals surface area contributed by atoms with Gasteiger partial charge in [0.15, 0.2) is 0 Å². The van der Waals surface area contributed by atoms with E-state index in [4.69, 9.17) is 16.7 Å². The molecule has 0 atom stereocenters. The van der Waals surface area contributed by atoms with Crippen LogP contribution >= 0.6 is 11.6 Å². The molecule has 2 N–H and O–H groups in total. The molecule has 2 heterocycles. The minimum Gasteiger partial charge on any atom is -0.478 e. The molecule has 0 fully saturated rings. The van der Waals surface area contributed by atoms with Gasteiger partial charge in [-0.15, -0.1) is 0 Å². The molecule has 1 aromatic carbocycles. The molecule has 0 aliphatic rings. The highest BCUT2D eigenvalue weighted by Crippen LogP contribution is 2.20. The van der Waals surface area contributed by atoms with Gasteiger partial charge in [-0.25, -0.2) is 9.31 Å². The molecular formula is C19H18ClN3O3. The Labute approximate surface area is 155 Å². The van der Waals surface area contributed by atoms with Crippen LogP contribution in [-0.4, -0.2) is 33.1 Å². The highest BCUT2D eigenvalue weighted by molar-refractivity contribution is 6.31. The third-order valence-corrected chi connectivity index (χ3v) is 4.37. The molecule has 7 heteroatoms. The average Bonchev–Trinajstić information content (AvgIpc) is 2.99. The third-order valence-electron chi connectivity index (χ3n) is 4.13. The molecule has 0 spiro atoms. The Morgan fingerprint density at radius 3 is 2.62 bits per heavy atom. The van der Waals surface area contributed by atoms with Crippen molar-refractivity contribution in [1.82, 2.24) is 14.9 Å². The number of amides is 1. The van der Waals surface area contributed by atoms with Gasteiger partial charge >= 0.3 is 5.97 Å². The molecule has 0 bridgehead atoms. The van der Waals surface area contributed by atoms with Crippen LogP contribution < -0.4 is 5.32 Å². The van der Waals surface area contributed by atoms with Crippen LogP contribution in [0.5, 0.6) is 0 Å². The number of fused-ring (bicyclic) bond motifs is 1. The number of carbonyl (C=O) groups is 2. The third kappa shape index (κ3) is 3.70. The maximum Gasteiger partial charge on any atom is 0.335 e. The first-order valence-corrected chi connectivity index (χ1v) is 8.64. The van der Waals surface area contributed by atoms with E-state index in [0.29, 0.717) is 35.5 Å². The van der Waals surface area contributed by atoms with Gasteiger partial charge < -0.3 is 10.4 Å². The van der Waals surface area contributed by atoms with Gasteiger partial charge in [0.2, 0.25) is 0 Å². The van der Waals surface area contributed by atoms with Crippen LogP contribution in [0.4, 0.5) is 0 Å². The van der Waals surface area contributed by atoms with Crippen molar-refractivity contribution in [3.63, 3.8) is 0 Å². The highest BCUT2D eigenvalue weighted by Gasteiger charge is 2.18.